The summed E-state index contributed by atoms with van der Waals surface area (Å²) in [7, 11) is -4.52. The number of fused-ring (bicyclic) bond motifs is 2. The Morgan fingerprint density at radius 2 is 1.09 bits per heavy atom. The molecular weight excluding hydrogens is 428 g/mol. The number of nitrogens with one attached hydrogen (secondary N) is 4. The van der Waals surface area contributed by atoms with Gasteiger partial charge >= 0.3 is 0 Å². The van der Waals surface area contributed by atoms with Crippen LogP contribution in [0.5, 0.6) is 0 Å². The molecule has 2 aliphatic heterocycles. The molecule has 0 aromatic heterocycles. The fourth-order valence-corrected chi connectivity index (χ4v) is 4.14. The van der Waals surface area contributed by atoms with Gasteiger partial charge in [-0.05, 0) is 18.2 Å². The number of nitrogens with zero attached hydrogens (tertiary/aromatic N) is 2. The van der Waals surface area contributed by atoms with E-state index in [1.54, 1.807) is 18.2 Å². The summed E-state index contributed by atoms with van der Waals surface area (Å²) in [6.45, 7) is 0. The van der Waals surface area contributed by atoms with E-state index >= 15 is 0 Å². The van der Waals surface area contributed by atoms with Crippen LogP contribution in [0.3, 0.4) is 0 Å². The highest BCUT2D eigenvalue weighted by Gasteiger charge is 2.23. The first-order valence-electron chi connectivity index (χ1n) is 9.50. The summed E-state index contributed by atoms with van der Waals surface area (Å²) in [4.78, 5) is 8.59. The standard InChI is InChI=1S/C22H16N6O3S/c23-19-15-5-1-3-7-17(15)21(27-19)25-12-9-13(11-14(10-12)32(29,30)31)26-22-18-8-4-2-6-16(18)20(24)28-22/h1-11H,(H2,23,25,27)(H2,24,26,28)(H,29,30,31). The second-order valence-electron chi connectivity index (χ2n) is 7.17. The lowest BCUT2D eigenvalue weighted by atomic mass is 10.1. The van der Waals surface area contributed by atoms with Crippen molar-refractivity contribution in [3.05, 3.63) is 89.0 Å². The van der Waals surface area contributed by atoms with Gasteiger partial charge in [0.15, 0.2) is 0 Å². The van der Waals surface area contributed by atoms with E-state index in [4.69, 9.17) is 10.8 Å². The minimum absolute atomic E-state index is 0.191. The molecule has 0 bridgehead atoms. The quantitative estimate of drug-likeness (QED) is 0.394. The number of hydrogen-bond acceptors (Lipinski definition) is 6. The first kappa shape index (κ1) is 19.8. The topological polar surface area (TPSA) is 151 Å². The van der Waals surface area contributed by atoms with Crippen molar-refractivity contribution >= 4 is 44.8 Å². The Morgan fingerprint density at radius 3 is 1.50 bits per heavy atom. The van der Waals surface area contributed by atoms with Gasteiger partial charge in [-0.15, -0.1) is 0 Å². The maximum Gasteiger partial charge on any atom is 0.294 e. The molecule has 3 aromatic carbocycles. The van der Waals surface area contributed by atoms with Crippen LogP contribution in [0.2, 0.25) is 0 Å². The average molecular weight is 444 g/mol. The van der Waals surface area contributed by atoms with Gasteiger partial charge in [0.2, 0.25) is 0 Å². The van der Waals surface area contributed by atoms with E-state index in [-0.39, 0.29) is 27.9 Å². The van der Waals surface area contributed by atoms with Crippen LogP contribution in [0.15, 0.2) is 81.6 Å². The number of benzene rings is 3. The maximum atomic E-state index is 11.9. The third-order valence-electron chi connectivity index (χ3n) is 5.05. The third kappa shape index (κ3) is 3.47. The Balaban J connectivity index is 1.63. The molecule has 2 heterocycles. The zero-order chi connectivity index (χ0) is 22.5. The minimum atomic E-state index is -4.52. The number of amidine groups is 4. The molecule has 5 N–H and O–H groups in total. The fourth-order valence-electron chi connectivity index (χ4n) is 3.60. The van der Waals surface area contributed by atoms with E-state index in [1.807, 2.05) is 36.4 Å². The Bertz CT molecular complexity index is 1400. The minimum Gasteiger partial charge on any atom is -0.324 e. The van der Waals surface area contributed by atoms with Gasteiger partial charge in [-0.2, -0.15) is 8.42 Å². The van der Waals surface area contributed by atoms with Gasteiger partial charge < -0.3 is 10.6 Å². The molecule has 0 saturated carbocycles. The van der Waals surface area contributed by atoms with Gasteiger partial charge in [-0.3, -0.25) is 15.4 Å². The molecule has 158 valence electrons. The smallest absolute Gasteiger partial charge is 0.294 e. The Labute approximate surface area is 183 Å². The molecule has 32 heavy (non-hydrogen) atoms. The van der Waals surface area contributed by atoms with Crippen LogP contribution < -0.4 is 10.6 Å². The highest BCUT2D eigenvalue weighted by Crippen LogP contribution is 2.29. The zero-order valence-corrected chi connectivity index (χ0v) is 17.2. The summed E-state index contributed by atoms with van der Waals surface area (Å²) in [6.07, 6.45) is 0. The van der Waals surface area contributed by atoms with Crippen molar-refractivity contribution in [2.24, 2.45) is 9.98 Å². The molecule has 3 aromatic rings. The average Bonchev–Trinajstić information content (AvgIpc) is 3.24. The van der Waals surface area contributed by atoms with Crippen LogP contribution in [-0.2, 0) is 10.1 Å². The van der Waals surface area contributed by atoms with Crippen LogP contribution in [0, 0.1) is 10.8 Å². The van der Waals surface area contributed by atoms with Crippen LogP contribution in [0.4, 0.5) is 11.4 Å². The van der Waals surface area contributed by atoms with Gasteiger partial charge in [0.25, 0.3) is 10.1 Å². The largest absolute Gasteiger partial charge is 0.324 e. The highest BCUT2D eigenvalue weighted by molar-refractivity contribution is 7.85. The molecule has 0 amide bonds. The molecule has 0 saturated heterocycles. The van der Waals surface area contributed by atoms with Crippen LogP contribution >= 0.6 is 0 Å². The van der Waals surface area contributed by atoms with E-state index in [0.29, 0.717) is 33.9 Å². The number of aliphatic imine (C=N–C) groups is 2. The van der Waals surface area contributed by atoms with E-state index in [1.165, 1.54) is 12.1 Å². The number of hydrogen-bond donors (Lipinski definition) is 5. The van der Waals surface area contributed by atoms with Gasteiger partial charge in [0, 0.05) is 22.3 Å². The van der Waals surface area contributed by atoms with Crippen molar-refractivity contribution in [1.82, 2.24) is 10.6 Å². The van der Waals surface area contributed by atoms with E-state index in [2.05, 4.69) is 20.6 Å². The summed E-state index contributed by atoms with van der Waals surface area (Å²) in [5, 5.41) is 21.9. The van der Waals surface area contributed by atoms with Gasteiger partial charge in [-0.25, -0.2) is 9.98 Å². The van der Waals surface area contributed by atoms with E-state index in [0.717, 1.165) is 0 Å². The Kier molecular flexibility index (Phi) is 4.47. The highest BCUT2D eigenvalue weighted by atomic mass is 32.2. The summed E-state index contributed by atoms with van der Waals surface area (Å²) < 4.78 is 33.4. The molecule has 5 rings (SSSR count). The third-order valence-corrected chi connectivity index (χ3v) is 5.88. The molecule has 10 heteroatoms. The molecule has 0 aliphatic carbocycles. The predicted octanol–water partition coefficient (Wildman–Crippen LogP) is 2.95. The van der Waals surface area contributed by atoms with Crippen molar-refractivity contribution < 1.29 is 13.0 Å². The van der Waals surface area contributed by atoms with Crippen molar-refractivity contribution in [2.75, 3.05) is 0 Å². The first-order valence-corrected chi connectivity index (χ1v) is 10.9. The summed E-state index contributed by atoms with van der Waals surface area (Å²) in [5.41, 5.74) is 3.25. The lowest BCUT2D eigenvalue weighted by Gasteiger charge is -2.06. The SMILES string of the molecule is N=C1N/C(=N\c2cc(/N=C3/NC(=N)c4ccccc43)cc(S(=O)(=O)O)c2)c2ccccc21. The lowest BCUT2D eigenvalue weighted by Crippen LogP contribution is -2.21. The van der Waals surface area contributed by atoms with E-state index < -0.39 is 10.1 Å². The fraction of sp³-hybridized carbons (Fsp3) is 0. The van der Waals surface area contributed by atoms with Gasteiger partial charge in [-0.1, -0.05) is 48.5 Å². The van der Waals surface area contributed by atoms with Crippen molar-refractivity contribution in [1.29, 1.82) is 10.8 Å². The van der Waals surface area contributed by atoms with Crippen LogP contribution in [0.25, 0.3) is 0 Å². The summed E-state index contributed by atoms with van der Waals surface area (Å²) >= 11 is 0. The Hall–Kier alpha value is -4.15. The van der Waals surface area contributed by atoms with Crippen molar-refractivity contribution in [2.45, 2.75) is 4.90 Å². The van der Waals surface area contributed by atoms with Crippen LogP contribution in [-0.4, -0.2) is 36.3 Å². The van der Waals surface area contributed by atoms with Crippen LogP contribution in [0.1, 0.15) is 22.3 Å². The molecule has 9 nitrogen and oxygen atoms in total. The summed E-state index contributed by atoms with van der Waals surface area (Å²) in [6, 6.07) is 18.5. The summed E-state index contributed by atoms with van der Waals surface area (Å²) in [5.74, 6) is 1.16. The zero-order valence-electron chi connectivity index (χ0n) is 16.4. The number of rotatable bonds is 3. The molecule has 0 fully saturated rings. The maximum absolute atomic E-state index is 11.9. The Morgan fingerprint density at radius 1 is 0.688 bits per heavy atom. The van der Waals surface area contributed by atoms with E-state index in [9.17, 15) is 13.0 Å². The molecule has 0 spiro atoms. The van der Waals surface area contributed by atoms with Gasteiger partial charge in [0.05, 0.1) is 16.3 Å². The molecule has 0 unspecified atom stereocenters. The lowest BCUT2D eigenvalue weighted by molar-refractivity contribution is 0.483. The first-order chi connectivity index (χ1) is 15.3. The van der Waals surface area contributed by atoms with Gasteiger partial charge in [0.1, 0.15) is 23.3 Å². The molecule has 0 radical (unpaired) electrons. The van der Waals surface area contributed by atoms with Crippen molar-refractivity contribution in [3.8, 4) is 0 Å². The molecule has 0 atom stereocenters. The molecular formula is C22H16N6O3S. The predicted molar refractivity (Wildman–Crippen MR) is 121 cm³/mol. The second kappa shape index (κ2) is 7.22. The van der Waals surface area contributed by atoms with Crippen molar-refractivity contribution in [3.63, 3.8) is 0 Å². The monoisotopic (exact) mass is 444 g/mol. The molecule has 2 aliphatic rings. The normalized spacial score (nSPS) is 17.3. The second-order valence-corrected chi connectivity index (χ2v) is 8.59.